The molecule has 1 saturated carbocycles. The predicted molar refractivity (Wildman–Crippen MR) is 46.4 cm³/mol. The molecule has 11 heavy (non-hydrogen) atoms. The molecule has 0 bridgehead atoms. The molecule has 0 aromatic carbocycles. The van der Waals surface area contributed by atoms with E-state index in [2.05, 4.69) is 19.2 Å². The SMILES string of the molecule is CC(CO)CNC1CC(C)C1. The molecule has 2 N–H and O–H groups in total. The van der Waals surface area contributed by atoms with Gasteiger partial charge in [0.15, 0.2) is 0 Å². The molecule has 0 amide bonds. The van der Waals surface area contributed by atoms with Gasteiger partial charge < -0.3 is 10.4 Å². The molecule has 0 radical (unpaired) electrons. The van der Waals surface area contributed by atoms with Crippen LogP contribution < -0.4 is 5.32 Å². The summed E-state index contributed by atoms with van der Waals surface area (Å²) in [5, 5.41) is 12.2. The molecular formula is C9H19NO. The van der Waals surface area contributed by atoms with Crippen molar-refractivity contribution in [3.63, 3.8) is 0 Å². The zero-order valence-corrected chi connectivity index (χ0v) is 7.51. The molecule has 1 atom stereocenters. The number of rotatable bonds is 4. The Morgan fingerprint density at radius 2 is 2.18 bits per heavy atom. The Morgan fingerprint density at radius 3 is 2.64 bits per heavy atom. The van der Waals surface area contributed by atoms with E-state index in [1.807, 2.05) is 0 Å². The van der Waals surface area contributed by atoms with Gasteiger partial charge in [0.25, 0.3) is 0 Å². The minimum Gasteiger partial charge on any atom is -0.396 e. The van der Waals surface area contributed by atoms with Gasteiger partial charge >= 0.3 is 0 Å². The molecular weight excluding hydrogens is 138 g/mol. The summed E-state index contributed by atoms with van der Waals surface area (Å²) in [5.41, 5.74) is 0. The van der Waals surface area contributed by atoms with Crippen LogP contribution in [0, 0.1) is 11.8 Å². The number of nitrogens with one attached hydrogen (secondary N) is 1. The number of aliphatic hydroxyl groups excluding tert-OH is 1. The first kappa shape index (κ1) is 9.01. The molecule has 0 saturated heterocycles. The van der Waals surface area contributed by atoms with Gasteiger partial charge in [-0.25, -0.2) is 0 Å². The van der Waals surface area contributed by atoms with Crippen molar-refractivity contribution in [2.75, 3.05) is 13.2 Å². The van der Waals surface area contributed by atoms with E-state index >= 15 is 0 Å². The fourth-order valence-corrected chi connectivity index (χ4v) is 1.50. The zero-order chi connectivity index (χ0) is 8.27. The van der Waals surface area contributed by atoms with Gasteiger partial charge in [0.2, 0.25) is 0 Å². The minimum absolute atomic E-state index is 0.301. The molecule has 0 spiro atoms. The summed E-state index contributed by atoms with van der Waals surface area (Å²) in [4.78, 5) is 0. The normalized spacial score (nSPS) is 33.0. The summed E-state index contributed by atoms with van der Waals surface area (Å²) >= 11 is 0. The fourth-order valence-electron chi connectivity index (χ4n) is 1.50. The number of aliphatic hydroxyl groups is 1. The second kappa shape index (κ2) is 4.07. The van der Waals surface area contributed by atoms with Crippen molar-refractivity contribution in [1.82, 2.24) is 5.32 Å². The monoisotopic (exact) mass is 157 g/mol. The third-order valence-corrected chi connectivity index (χ3v) is 2.44. The summed E-state index contributed by atoms with van der Waals surface area (Å²) in [5.74, 6) is 1.32. The average molecular weight is 157 g/mol. The molecule has 2 nitrogen and oxygen atoms in total. The molecule has 1 fully saturated rings. The van der Waals surface area contributed by atoms with Gasteiger partial charge in [0, 0.05) is 19.2 Å². The van der Waals surface area contributed by atoms with Crippen LogP contribution in [0.2, 0.25) is 0 Å². The Morgan fingerprint density at radius 1 is 1.55 bits per heavy atom. The topological polar surface area (TPSA) is 32.3 Å². The van der Waals surface area contributed by atoms with Crippen molar-refractivity contribution in [2.24, 2.45) is 11.8 Å². The van der Waals surface area contributed by atoms with Crippen LogP contribution in [0.15, 0.2) is 0 Å². The Labute approximate surface area is 69.0 Å². The van der Waals surface area contributed by atoms with Crippen molar-refractivity contribution in [1.29, 1.82) is 0 Å². The molecule has 0 aromatic heterocycles. The van der Waals surface area contributed by atoms with Crippen molar-refractivity contribution in [3.05, 3.63) is 0 Å². The Hall–Kier alpha value is -0.0800. The second-order valence-corrected chi connectivity index (χ2v) is 3.97. The molecule has 2 heteroatoms. The molecule has 1 rings (SSSR count). The van der Waals surface area contributed by atoms with Gasteiger partial charge in [0.05, 0.1) is 0 Å². The lowest BCUT2D eigenvalue weighted by Crippen LogP contribution is -2.42. The van der Waals surface area contributed by atoms with Gasteiger partial charge in [-0.3, -0.25) is 0 Å². The number of hydrogen-bond acceptors (Lipinski definition) is 2. The van der Waals surface area contributed by atoms with Crippen molar-refractivity contribution < 1.29 is 5.11 Å². The molecule has 1 unspecified atom stereocenters. The lowest BCUT2D eigenvalue weighted by molar-refractivity contribution is 0.199. The van der Waals surface area contributed by atoms with E-state index in [4.69, 9.17) is 5.11 Å². The third kappa shape index (κ3) is 2.80. The van der Waals surface area contributed by atoms with Crippen LogP contribution in [-0.2, 0) is 0 Å². The molecule has 1 aliphatic rings. The highest BCUT2D eigenvalue weighted by Crippen LogP contribution is 2.26. The van der Waals surface area contributed by atoms with E-state index < -0.39 is 0 Å². The Bertz CT molecular complexity index is 110. The smallest absolute Gasteiger partial charge is 0.0468 e. The summed E-state index contributed by atoms with van der Waals surface area (Å²) < 4.78 is 0. The predicted octanol–water partition coefficient (Wildman–Crippen LogP) is 1.00. The van der Waals surface area contributed by atoms with Gasteiger partial charge in [-0.2, -0.15) is 0 Å². The summed E-state index contributed by atoms with van der Waals surface area (Å²) in [6, 6.07) is 0.735. The van der Waals surface area contributed by atoms with E-state index in [-0.39, 0.29) is 0 Å². The third-order valence-electron chi connectivity index (χ3n) is 2.44. The maximum atomic E-state index is 8.75. The highest BCUT2D eigenvalue weighted by molar-refractivity contribution is 4.82. The average Bonchev–Trinajstić information content (AvgIpc) is 1.95. The molecule has 0 aliphatic heterocycles. The Balaban J connectivity index is 1.96. The zero-order valence-electron chi connectivity index (χ0n) is 7.51. The van der Waals surface area contributed by atoms with Gasteiger partial charge in [0.1, 0.15) is 0 Å². The largest absolute Gasteiger partial charge is 0.396 e. The van der Waals surface area contributed by atoms with Crippen LogP contribution in [-0.4, -0.2) is 24.3 Å². The van der Waals surface area contributed by atoms with E-state index in [1.54, 1.807) is 0 Å². The van der Waals surface area contributed by atoms with Crippen LogP contribution in [0.4, 0.5) is 0 Å². The van der Waals surface area contributed by atoms with Crippen molar-refractivity contribution >= 4 is 0 Å². The summed E-state index contributed by atoms with van der Waals surface area (Å²) in [6.07, 6.45) is 2.64. The molecule has 1 aliphatic carbocycles. The maximum Gasteiger partial charge on any atom is 0.0468 e. The lowest BCUT2D eigenvalue weighted by Gasteiger charge is -2.34. The van der Waals surface area contributed by atoms with Gasteiger partial charge in [-0.05, 0) is 24.7 Å². The highest BCUT2D eigenvalue weighted by atomic mass is 16.3. The molecule has 66 valence electrons. The number of hydrogen-bond donors (Lipinski definition) is 2. The van der Waals surface area contributed by atoms with E-state index in [1.165, 1.54) is 12.8 Å². The summed E-state index contributed by atoms with van der Waals surface area (Å²) in [6.45, 7) is 5.62. The quantitative estimate of drug-likeness (QED) is 0.638. The summed E-state index contributed by atoms with van der Waals surface area (Å²) in [7, 11) is 0. The minimum atomic E-state index is 0.301. The highest BCUT2D eigenvalue weighted by Gasteiger charge is 2.24. The molecule has 0 heterocycles. The van der Waals surface area contributed by atoms with E-state index in [9.17, 15) is 0 Å². The first-order valence-electron chi connectivity index (χ1n) is 4.56. The first-order chi connectivity index (χ1) is 5.22. The standard InChI is InChI=1S/C9H19NO/c1-7-3-9(4-7)10-5-8(2)6-11/h7-11H,3-6H2,1-2H3. The lowest BCUT2D eigenvalue weighted by atomic mass is 9.82. The second-order valence-electron chi connectivity index (χ2n) is 3.97. The van der Waals surface area contributed by atoms with Crippen LogP contribution in [0.3, 0.4) is 0 Å². The van der Waals surface area contributed by atoms with Crippen LogP contribution in [0.5, 0.6) is 0 Å². The first-order valence-corrected chi connectivity index (χ1v) is 4.56. The van der Waals surface area contributed by atoms with Crippen LogP contribution >= 0.6 is 0 Å². The van der Waals surface area contributed by atoms with Crippen LogP contribution in [0.25, 0.3) is 0 Å². The van der Waals surface area contributed by atoms with Crippen molar-refractivity contribution in [3.8, 4) is 0 Å². The van der Waals surface area contributed by atoms with Crippen molar-refractivity contribution in [2.45, 2.75) is 32.7 Å². The molecule has 0 aromatic rings. The van der Waals surface area contributed by atoms with Gasteiger partial charge in [-0.15, -0.1) is 0 Å². The van der Waals surface area contributed by atoms with E-state index in [0.29, 0.717) is 12.5 Å². The Kier molecular flexibility index (Phi) is 3.34. The van der Waals surface area contributed by atoms with E-state index in [0.717, 1.165) is 18.5 Å². The maximum absolute atomic E-state index is 8.75. The van der Waals surface area contributed by atoms with Gasteiger partial charge in [-0.1, -0.05) is 13.8 Å². The van der Waals surface area contributed by atoms with Crippen LogP contribution in [0.1, 0.15) is 26.7 Å². The fraction of sp³-hybridized carbons (Fsp3) is 1.00.